The first-order valence-corrected chi connectivity index (χ1v) is 10.2. The van der Waals surface area contributed by atoms with Crippen LogP contribution < -0.4 is 0 Å². The zero-order valence-electron chi connectivity index (χ0n) is 12.4. The predicted octanol–water partition coefficient (Wildman–Crippen LogP) is 5.50. The first-order chi connectivity index (χ1) is 8.74. The number of hydrogen-bond donors (Lipinski definition) is 1. The van der Waals surface area contributed by atoms with Gasteiger partial charge < -0.3 is 4.80 Å². The number of halogens is 1. The van der Waals surface area contributed by atoms with E-state index in [1.165, 1.54) is 0 Å². The van der Waals surface area contributed by atoms with Crippen LogP contribution in [0.3, 0.4) is 0 Å². The highest BCUT2D eigenvalue weighted by Crippen LogP contribution is 2.40. The molecule has 0 atom stereocenters. The molecule has 1 aromatic carbocycles. The van der Waals surface area contributed by atoms with Crippen molar-refractivity contribution in [3.8, 4) is 0 Å². The second-order valence-corrected chi connectivity index (χ2v) is 11.1. The van der Waals surface area contributed by atoms with Gasteiger partial charge >= 0.3 is 0 Å². The normalized spacial score (nSPS) is 13.2. The van der Waals surface area contributed by atoms with Crippen molar-refractivity contribution >= 4 is 26.0 Å². The van der Waals surface area contributed by atoms with Gasteiger partial charge in [0.2, 0.25) is 0 Å². The molecule has 0 saturated heterocycles. The zero-order chi connectivity index (χ0) is 14.5. The van der Waals surface area contributed by atoms with Crippen LogP contribution in [0.1, 0.15) is 38.7 Å². The maximum Gasteiger partial charge on any atom is 0.188 e. The van der Waals surface area contributed by atoms with Crippen LogP contribution in [-0.4, -0.2) is 13.1 Å². The molecule has 0 unspecified atom stereocenters. The zero-order valence-corrected chi connectivity index (χ0v) is 14.2. The summed E-state index contributed by atoms with van der Waals surface area (Å²) in [6.45, 7) is 8.40. The van der Waals surface area contributed by atoms with Crippen molar-refractivity contribution in [3.05, 3.63) is 40.9 Å². The van der Waals surface area contributed by atoms with Crippen molar-refractivity contribution in [1.82, 2.24) is 0 Å². The third-order valence-corrected chi connectivity index (χ3v) is 7.94. The van der Waals surface area contributed by atoms with Gasteiger partial charge in [0.1, 0.15) is 0 Å². The molecule has 0 heterocycles. The minimum absolute atomic E-state index is 0.0746. The van der Waals surface area contributed by atoms with Crippen LogP contribution >= 0.6 is 11.6 Å². The molecule has 1 N–H and O–H groups in total. The summed E-state index contributed by atoms with van der Waals surface area (Å²) in [5.74, 6) is 0. The summed E-state index contributed by atoms with van der Waals surface area (Å²) in [4.78, 5) is 10.2. The van der Waals surface area contributed by atoms with Crippen LogP contribution in [0, 0.1) is 0 Å². The van der Waals surface area contributed by atoms with Crippen molar-refractivity contribution in [2.45, 2.75) is 51.2 Å². The average Bonchev–Trinajstić information content (AvgIpc) is 2.29. The Hall–Kier alpha value is -0.573. The van der Waals surface area contributed by atoms with E-state index in [0.29, 0.717) is 0 Å². The predicted molar refractivity (Wildman–Crippen MR) is 88.1 cm³/mol. The molecule has 0 aliphatic carbocycles. The van der Waals surface area contributed by atoms with E-state index < -0.39 is 8.32 Å². The Bertz CT molecular complexity index is 433. The lowest BCUT2D eigenvalue weighted by molar-refractivity contribution is 0.444. The molecule has 0 saturated carbocycles. The van der Waals surface area contributed by atoms with Crippen LogP contribution in [0.15, 0.2) is 30.3 Å². The molecule has 0 radical (unpaired) electrons. The molecule has 1 aromatic rings. The van der Waals surface area contributed by atoms with Crippen LogP contribution in [-0.2, 0) is 0 Å². The fourth-order valence-electron chi connectivity index (χ4n) is 1.79. The monoisotopic (exact) mass is 296 g/mol. The van der Waals surface area contributed by atoms with Gasteiger partial charge in [-0.15, -0.1) is 0 Å². The summed E-state index contributed by atoms with van der Waals surface area (Å²) in [7, 11) is -2.06. The first kappa shape index (κ1) is 16.5. The molecule has 0 spiro atoms. The molecule has 0 fully saturated rings. The molecular formula is C16H25ClOSi. The van der Waals surface area contributed by atoms with E-state index in [2.05, 4.69) is 26.0 Å². The van der Waals surface area contributed by atoms with Crippen LogP contribution in [0.4, 0.5) is 0 Å². The molecule has 0 bridgehead atoms. The van der Waals surface area contributed by atoms with E-state index in [0.717, 1.165) is 29.8 Å². The van der Waals surface area contributed by atoms with Crippen LogP contribution in [0.2, 0.25) is 23.2 Å². The second kappa shape index (κ2) is 6.73. The molecule has 106 valence electrons. The van der Waals surface area contributed by atoms with Crippen molar-refractivity contribution in [2.24, 2.45) is 0 Å². The van der Waals surface area contributed by atoms with Gasteiger partial charge in [-0.2, -0.15) is 0 Å². The Kier molecular flexibility index (Phi) is 5.84. The Morgan fingerprint density at radius 1 is 1.26 bits per heavy atom. The SMILES string of the molecule is CC(C)(CCC/C=C/c1ccccc1Cl)[Si](C)(C)O. The third kappa shape index (κ3) is 5.13. The highest BCUT2D eigenvalue weighted by atomic mass is 35.5. The minimum Gasteiger partial charge on any atom is -0.432 e. The summed E-state index contributed by atoms with van der Waals surface area (Å²) in [5.41, 5.74) is 1.07. The number of allylic oxidation sites excluding steroid dienone is 1. The second-order valence-electron chi connectivity index (χ2n) is 6.26. The Morgan fingerprint density at radius 3 is 2.47 bits per heavy atom. The standard InChI is InChI=1S/C16H25ClOSi/c1-16(2,19(3,4)18)13-9-5-6-10-14-11-7-8-12-15(14)17/h6-8,10-12,18H,5,9,13H2,1-4H3/b10-6+. The van der Waals surface area contributed by atoms with Crippen molar-refractivity contribution in [2.75, 3.05) is 0 Å². The van der Waals surface area contributed by atoms with E-state index in [9.17, 15) is 4.80 Å². The number of rotatable bonds is 6. The van der Waals surface area contributed by atoms with Gasteiger partial charge in [0, 0.05) is 5.02 Å². The summed E-state index contributed by atoms with van der Waals surface area (Å²) in [5, 5.41) is 0.869. The summed E-state index contributed by atoms with van der Waals surface area (Å²) >= 11 is 6.09. The smallest absolute Gasteiger partial charge is 0.188 e. The lowest BCUT2D eigenvalue weighted by Crippen LogP contribution is -2.38. The summed E-state index contributed by atoms with van der Waals surface area (Å²) in [6.07, 6.45) is 7.44. The van der Waals surface area contributed by atoms with Gasteiger partial charge in [-0.25, -0.2) is 0 Å². The van der Waals surface area contributed by atoms with Crippen molar-refractivity contribution in [3.63, 3.8) is 0 Å². The van der Waals surface area contributed by atoms with E-state index in [-0.39, 0.29) is 5.04 Å². The van der Waals surface area contributed by atoms with E-state index >= 15 is 0 Å². The summed E-state index contributed by atoms with van der Waals surface area (Å²) < 4.78 is 0. The molecule has 1 nitrogen and oxygen atoms in total. The fourth-order valence-corrected chi connectivity index (χ4v) is 2.78. The van der Waals surface area contributed by atoms with Crippen LogP contribution in [0.5, 0.6) is 0 Å². The first-order valence-electron chi connectivity index (χ1n) is 6.87. The topological polar surface area (TPSA) is 20.2 Å². The fraction of sp³-hybridized carbons (Fsp3) is 0.500. The van der Waals surface area contributed by atoms with Crippen LogP contribution in [0.25, 0.3) is 6.08 Å². The largest absolute Gasteiger partial charge is 0.432 e. The van der Waals surface area contributed by atoms with E-state index in [1.807, 2.05) is 37.4 Å². The lowest BCUT2D eigenvalue weighted by Gasteiger charge is -2.35. The minimum atomic E-state index is -2.06. The van der Waals surface area contributed by atoms with E-state index in [1.54, 1.807) is 0 Å². The van der Waals surface area contributed by atoms with E-state index in [4.69, 9.17) is 11.6 Å². The molecule has 1 rings (SSSR count). The third-order valence-electron chi connectivity index (χ3n) is 4.03. The number of unbranched alkanes of at least 4 members (excludes halogenated alkanes) is 1. The Labute approximate surface area is 123 Å². The van der Waals surface area contributed by atoms with Gasteiger partial charge in [0.25, 0.3) is 0 Å². The Morgan fingerprint density at radius 2 is 1.89 bits per heavy atom. The van der Waals surface area contributed by atoms with Gasteiger partial charge in [-0.3, -0.25) is 0 Å². The molecule has 3 heteroatoms. The maximum atomic E-state index is 10.2. The molecular weight excluding hydrogens is 272 g/mol. The Balaban J connectivity index is 2.42. The van der Waals surface area contributed by atoms with Gasteiger partial charge in [0.05, 0.1) is 0 Å². The number of benzene rings is 1. The highest BCUT2D eigenvalue weighted by Gasteiger charge is 2.36. The average molecular weight is 297 g/mol. The molecule has 0 aliphatic heterocycles. The number of hydrogen-bond acceptors (Lipinski definition) is 1. The molecule has 0 aromatic heterocycles. The lowest BCUT2D eigenvalue weighted by atomic mass is 10.0. The maximum absolute atomic E-state index is 10.2. The van der Waals surface area contributed by atoms with Crippen molar-refractivity contribution < 1.29 is 4.80 Å². The van der Waals surface area contributed by atoms with Crippen molar-refractivity contribution in [1.29, 1.82) is 0 Å². The quantitative estimate of drug-likeness (QED) is 0.543. The summed E-state index contributed by atoms with van der Waals surface area (Å²) in [6, 6.07) is 7.86. The molecule has 0 aliphatic rings. The molecule has 0 amide bonds. The van der Waals surface area contributed by atoms with Gasteiger partial charge in [-0.1, -0.05) is 55.8 Å². The highest BCUT2D eigenvalue weighted by molar-refractivity contribution is 6.72. The molecule has 19 heavy (non-hydrogen) atoms. The van der Waals surface area contributed by atoms with Gasteiger partial charge in [-0.05, 0) is 49.0 Å². The van der Waals surface area contributed by atoms with Gasteiger partial charge in [0.15, 0.2) is 8.32 Å².